The Balaban J connectivity index is 2.40. The molecule has 3 nitrogen and oxygen atoms in total. The monoisotopic (exact) mass is 315 g/mol. The lowest BCUT2D eigenvalue weighted by atomic mass is 10.1. The van der Waals surface area contributed by atoms with Crippen LogP contribution in [0.2, 0.25) is 0 Å². The van der Waals surface area contributed by atoms with E-state index in [4.69, 9.17) is 10.5 Å². The van der Waals surface area contributed by atoms with E-state index < -0.39 is 5.82 Å². The quantitative estimate of drug-likeness (QED) is 0.908. The van der Waals surface area contributed by atoms with Crippen molar-refractivity contribution in [3.8, 4) is 12.1 Å². The lowest BCUT2D eigenvalue weighted by molar-refractivity contribution is 0.631. The Labute approximate surface area is 118 Å². The van der Waals surface area contributed by atoms with Gasteiger partial charge in [-0.1, -0.05) is 15.9 Å². The minimum atomic E-state index is -0.539. The smallest absolute Gasteiger partial charge is 0.147 e. The van der Waals surface area contributed by atoms with Gasteiger partial charge in [-0.15, -0.1) is 0 Å². The predicted octanol–water partition coefficient (Wildman–Crippen LogP) is 4.08. The summed E-state index contributed by atoms with van der Waals surface area (Å²) >= 11 is 3.29. The molecule has 0 atom stereocenters. The number of nitrogens with one attached hydrogen (secondary N) is 1. The van der Waals surface area contributed by atoms with Crippen molar-refractivity contribution in [2.45, 2.75) is 0 Å². The van der Waals surface area contributed by atoms with Gasteiger partial charge in [0.15, 0.2) is 0 Å². The van der Waals surface area contributed by atoms with E-state index in [1.807, 2.05) is 12.1 Å². The average molecular weight is 316 g/mol. The maximum atomic E-state index is 13.8. The Hall–Kier alpha value is -2.37. The van der Waals surface area contributed by atoms with Crippen LogP contribution in [0.25, 0.3) is 0 Å². The number of hydrogen-bond acceptors (Lipinski definition) is 3. The molecule has 0 spiro atoms. The number of hydrogen-bond donors (Lipinski definition) is 1. The van der Waals surface area contributed by atoms with E-state index in [1.54, 1.807) is 18.2 Å². The maximum Gasteiger partial charge on any atom is 0.147 e. The summed E-state index contributed by atoms with van der Waals surface area (Å²) in [7, 11) is 0. The van der Waals surface area contributed by atoms with E-state index in [9.17, 15) is 4.39 Å². The second kappa shape index (κ2) is 5.51. The van der Waals surface area contributed by atoms with Crippen molar-refractivity contribution in [1.82, 2.24) is 0 Å². The summed E-state index contributed by atoms with van der Waals surface area (Å²) in [4.78, 5) is 0. The zero-order valence-corrected chi connectivity index (χ0v) is 11.2. The first kappa shape index (κ1) is 13.1. The maximum absolute atomic E-state index is 13.8. The summed E-state index contributed by atoms with van der Waals surface area (Å²) in [6, 6.07) is 13.1. The van der Waals surface area contributed by atoms with Crippen molar-refractivity contribution in [3.63, 3.8) is 0 Å². The lowest BCUT2D eigenvalue weighted by Gasteiger charge is -2.09. The lowest BCUT2D eigenvalue weighted by Crippen LogP contribution is -1.97. The highest BCUT2D eigenvalue weighted by atomic mass is 79.9. The topological polar surface area (TPSA) is 59.6 Å². The van der Waals surface area contributed by atoms with Crippen molar-refractivity contribution < 1.29 is 4.39 Å². The normalized spacial score (nSPS) is 9.47. The molecular weight excluding hydrogens is 309 g/mol. The van der Waals surface area contributed by atoms with E-state index in [1.165, 1.54) is 12.1 Å². The Morgan fingerprint density at radius 3 is 2.42 bits per heavy atom. The molecule has 5 heteroatoms. The van der Waals surface area contributed by atoms with Crippen LogP contribution in [0, 0.1) is 28.5 Å². The average Bonchev–Trinajstić information content (AvgIpc) is 2.41. The van der Waals surface area contributed by atoms with Crippen LogP contribution in [0.1, 0.15) is 11.1 Å². The third-order valence-electron chi connectivity index (χ3n) is 2.47. The zero-order valence-electron chi connectivity index (χ0n) is 9.61. The number of nitrogens with zero attached hydrogens (tertiary/aromatic N) is 2. The number of halogens is 2. The first-order valence-electron chi connectivity index (χ1n) is 5.30. The van der Waals surface area contributed by atoms with Crippen LogP contribution in [0.15, 0.2) is 40.9 Å². The molecule has 2 rings (SSSR count). The number of rotatable bonds is 2. The molecule has 0 fully saturated rings. The Kier molecular flexibility index (Phi) is 3.79. The molecule has 0 bridgehead atoms. The molecule has 1 N–H and O–H groups in total. The molecule has 0 saturated carbocycles. The molecule has 0 saturated heterocycles. The van der Waals surface area contributed by atoms with E-state index in [2.05, 4.69) is 21.2 Å². The molecule has 2 aromatic carbocycles. The van der Waals surface area contributed by atoms with E-state index in [-0.39, 0.29) is 11.3 Å². The summed E-state index contributed by atoms with van der Waals surface area (Å²) in [5.41, 5.74) is 1.37. The summed E-state index contributed by atoms with van der Waals surface area (Å²) in [5, 5.41) is 20.5. The van der Waals surface area contributed by atoms with Gasteiger partial charge in [0.1, 0.15) is 11.9 Å². The van der Waals surface area contributed by atoms with Crippen molar-refractivity contribution in [2.24, 2.45) is 0 Å². The third-order valence-corrected chi connectivity index (χ3v) is 2.96. The van der Waals surface area contributed by atoms with Crippen molar-refractivity contribution in [3.05, 3.63) is 57.8 Å². The Morgan fingerprint density at radius 1 is 1.00 bits per heavy atom. The minimum Gasteiger partial charge on any atom is -0.352 e. The molecule has 0 aromatic heterocycles. The van der Waals surface area contributed by atoms with Crippen LogP contribution in [-0.4, -0.2) is 0 Å². The highest BCUT2D eigenvalue weighted by Crippen LogP contribution is 2.26. The molecule has 0 aliphatic carbocycles. The molecule has 0 aliphatic rings. The van der Waals surface area contributed by atoms with Gasteiger partial charge >= 0.3 is 0 Å². The molecule has 92 valence electrons. The molecule has 19 heavy (non-hydrogen) atoms. The van der Waals surface area contributed by atoms with Crippen LogP contribution < -0.4 is 5.32 Å². The van der Waals surface area contributed by atoms with Crippen LogP contribution >= 0.6 is 15.9 Å². The highest BCUT2D eigenvalue weighted by Gasteiger charge is 2.07. The standard InChI is InChI=1S/C14H7BrFN3/c15-11-3-2-10(8-18)14(6-11)19-13-4-1-9(7-17)5-12(13)16/h1-6,19H. The molecule has 0 heterocycles. The highest BCUT2D eigenvalue weighted by molar-refractivity contribution is 9.10. The minimum absolute atomic E-state index is 0.216. The number of nitriles is 2. The van der Waals surface area contributed by atoms with Crippen LogP contribution in [-0.2, 0) is 0 Å². The number of benzene rings is 2. The van der Waals surface area contributed by atoms with Crippen molar-refractivity contribution in [1.29, 1.82) is 10.5 Å². The second-order valence-electron chi connectivity index (χ2n) is 3.73. The van der Waals surface area contributed by atoms with Gasteiger partial charge in [-0.25, -0.2) is 4.39 Å². The van der Waals surface area contributed by atoms with Gasteiger partial charge < -0.3 is 5.32 Å². The van der Waals surface area contributed by atoms with Gasteiger partial charge in [-0.3, -0.25) is 0 Å². The van der Waals surface area contributed by atoms with Gasteiger partial charge in [-0.2, -0.15) is 10.5 Å². The zero-order chi connectivity index (χ0) is 13.8. The first-order chi connectivity index (χ1) is 9.13. The van der Waals surface area contributed by atoms with E-state index >= 15 is 0 Å². The largest absolute Gasteiger partial charge is 0.352 e. The predicted molar refractivity (Wildman–Crippen MR) is 73.3 cm³/mol. The van der Waals surface area contributed by atoms with Crippen LogP contribution in [0.3, 0.4) is 0 Å². The molecule has 0 radical (unpaired) electrons. The number of anilines is 2. The van der Waals surface area contributed by atoms with Gasteiger partial charge in [0.25, 0.3) is 0 Å². The fourth-order valence-electron chi connectivity index (χ4n) is 1.55. The fourth-order valence-corrected chi connectivity index (χ4v) is 1.91. The Bertz CT molecular complexity index is 714. The Morgan fingerprint density at radius 2 is 1.79 bits per heavy atom. The summed E-state index contributed by atoms with van der Waals surface area (Å²) < 4.78 is 14.5. The van der Waals surface area contributed by atoms with Crippen molar-refractivity contribution >= 4 is 27.3 Å². The summed E-state index contributed by atoms with van der Waals surface area (Å²) in [6.07, 6.45) is 0. The van der Waals surface area contributed by atoms with E-state index in [0.29, 0.717) is 11.3 Å². The summed E-state index contributed by atoms with van der Waals surface area (Å²) in [5.74, 6) is -0.539. The molecule has 0 aliphatic heterocycles. The fraction of sp³-hybridized carbons (Fsp3) is 0. The van der Waals surface area contributed by atoms with Gasteiger partial charge in [-0.05, 0) is 36.4 Å². The summed E-state index contributed by atoms with van der Waals surface area (Å²) in [6.45, 7) is 0. The molecule has 0 unspecified atom stereocenters. The van der Waals surface area contributed by atoms with E-state index in [0.717, 1.165) is 10.5 Å². The van der Waals surface area contributed by atoms with Crippen LogP contribution in [0.5, 0.6) is 0 Å². The molecule has 2 aromatic rings. The van der Waals surface area contributed by atoms with Crippen molar-refractivity contribution in [2.75, 3.05) is 5.32 Å². The first-order valence-corrected chi connectivity index (χ1v) is 6.09. The SMILES string of the molecule is N#Cc1ccc(Nc2cc(Br)ccc2C#N)c(F)c1. The second-order valence-corrected chi connectivity index (χ2v) is 4.65. The van der Waals surface area contributed by atoms with Gasteiger partial charge in [0.05, 0.1) is 28.6 Å². The molecular formula is C14H7BrFN3. The van der Waals surface area contributed by atoms with Gasteiger partial charge in [0.2, 0.25) is 0 Å². The van der Waals surface area contributed by atoms with Crippen LogP contribution in [0.4, 0.5) is 15.8 Å². The third kappa shape index (κ3) is 2.90. The molecule has 0 amide bonds. The van der Waals surface area contributed by atoms with Gasteiger partial charge in [0, 0.05) is 4.47 Å².